The number of nitrogens with one attached hydrogen (secondary N) is 2. The quantitative estimate of drug-likeness (QED) is 0.266. The second-order valence-corrected chi connectivity index (χ2v) is 7.90. The minimum atomic E-state index is -4.84. The van der Waals surface area contributed by atoms with Crippen molar-refractivity contribution in [3.8, 4) is 0 Å². The summed E-state index contributed by atoms with van der Waals surface area (Å²) >= 11 is 5.94. The number of anilines is 2. The molecule has 2 N–H and O–H groups in total. The van der Waals surface area contributed by atoms with Crippen LogP contribution in [-0.2, 0) is 11.0 Å². The maximum atomic E-state index is 14.3. The minimum Gasteiger partial charge on any atom is -0.321 e. The van der Waals surface area contributed by atoms with Crippen LogP contribution in [0.5, 0.6) is 0 Å². The van der Waals surface area contributed by atoms with E-state index in [0.29, 0.717) is 18.7 Å². The van der Waals surface area contributed by atoms with E-state index in [-0.39, 0.29) is 28.4 Å². The lowest BCUT2D eigenvalue weighted by Crippen LogP contribution is -2.43. The molecule has 4 rings (SSSR count). The highest BCUT2D eigenvalue weighted by molar-refractivity contribution is 6.35. The van der Waals surface area contributed by atoms with Crippen LogP contribution < -0.4 is 10.2 Å². The Morgan fingerprint density at radius 3 is 2.38 bits per heavy atom. The van der Waals surface area contributed by atoms with Gasteiger partial charge in [0.1, 0.15) is 5.82 Å². The van der Waals surface area contributed by atoms with E-state index in [0.717, 1.165) is 24.3 Å². The van der Waals surface area contributed by atoms with Gasteiger partial charge in [-0.05, 0) is 42.5 Å². The highest BCUT2D eigenvalue weighted by Gasteiger charge is 2.36. The van der Waals surface area contributed by atoms with E-state index in [1.165, 1.54) is 41.3 Å². The van der Waals surface area contributed by atoms with Crippen LogP contribution in [-0.4, -0.2) is 24.1 Å². The third-order valence-electron chi connectivity index (χ3n) is 5.37. The number of hydrogen-bond donors (Lipinski definition) is 2. The second kappa shape index (κ2) is 8.90. The molecule has 174 valence electrons. The molecule has 3 aromatic carbocycles. The van der Waals surface area contributed by atoms with Crippen molar-refractivity contribution in [2.24, 2.45) is 0 Å². The number of carbonyl (C=O) groups is 2. The van der Waals surface area contributed by atoms with Gasteiger partial charge in [-0.2, -0.15) is 13.2 Å². The fourth-order valence-electron chi connectivity index (χ4n) is 3.59. The molecule has 1 fully saturated rings. The largest absolute Gasteiger partial charge is 0.417 e. The third kappa shape index (κ3) is 4.38. The van der Waals surface area contributed by atoms with E-state index in [1.807, 2.05) is 0 Å². The molecule has 0 saturated carbocycles. The highest BCUT2D eigenvalue weighted by atomic mass is 35.5. The number of alkyl halides is 3. The Morgan fingerprint density at radius 2 is 1.76 bits per heavy atom. The molecule has 0 radical (unpaired) electrons. The van der Waals surface area contributed by atoms with Crippen molar-refractivity contribution in [3.05, 3.63) is 93.8 Å². The number of rotatable bonds is 5. The lowest BCUT2D eigenvalue weighted by Gasteiger charge is -2.31. The van der Waals surface area contributed by atoms with E-state index in [4.69, 9.17) is 17.0 Å². The van der Waals surface area contributed by atoms with Crippen LogP contribution in [0.25, 0.3) is 0 Å². The van der Waals surface area contributed by atoms with Crippen molar-refractivity contribution in [2.75, 3.05) is 16.8 Å². The Hall–Kier alpha value is -3.72. The maximum Gasteiger partial charge on any atom is 0.417 e. The summed E-state index contributed by atoms with van der Waals surface area (Å²) in [6, 6.07) is 12.8. The van der Waals surface area contributed by atoms with Gasteiger partial charge in [0.25, 0.3) is 5.91 Å². The lowest BCUT2D eigenvalue weighted by atomic mass is 9.98. The highest BCUT2D eigenvalue weighted by Crippen LogP contribution is 2.36. The summed E-state index contributed by atoms with van der Waals surface area (Å²) in [6.45, 7) is 0.430. The summed E-state index contributed by atoms with van der Waals surface area (Å²) in [5.41, 5.74) is -2.02. The standard InChI is InChI=1S/C24H16ClF4N3O2/c25-17-6-3-5-16(24(27,28)29)21(17)23(34)31-19-12-13(32-11-10-20(32)33)8-9-15(19)22(30)14-4-1-2-7-18(14)26/h1-9,12,30H,10-11H2,(H,31,34). The number of carbonyl (C=O) groups excluding carboxylic acids is 2. The van der Waals surface area contributed by atoms with Gasteiger partial charge in [-0.3, -0.25) is 15.0 Å². The van der Waals surface area contributed by atoms with Crippen molar-refractivity contribution in [1.29, 1.82) is 5.41 Å². The van der Waals surface area contributed by atoms with E-state index >= 15 is 0 Å². The van der Waals surface area contributed by atoms with Crippen LogP contribution in [0.2, 0.25) is 5.02 Å². The van der Waals surface area contributed by atoms with Crippen molar-refractivity contribution >= 4 is 40.5 Å². The molecule has 0 aliphatic carbocycles. The van der Waals surface area contributed by atoms with E-state index in [2.05, 4.69) is 5.32 Å². The van der Waals surface area contributed by atoms with Gasteiger partial charge in [-0.1, -0.05) is 29.8 Å². The Balaban J connectivity index is 1.79. The molecule has 10 heteroatoms. The summed E-state index contributed by atoms with van der Waals surface area (Å²) in [6.07, 6.45) is -4.50. The average molecular weight is 490 g/mol. The first-order valence-corrected chi connectivity index (χ1v) is 10.4. The van der Waals surface area contributed by atoms with Gasteiger partial charge in [0, 0.05) is 29.8 Å². The first-order chi connectivity index (χ1) is 16.1. The molecule has 1 heterocycles. The number of β-lactam (4-membered cyclic amide) rings is 1. The Labute approximate surface area is 196 Å². The number of halogens is 5. The fourth-order valence-corrected chi connectivity index (χ4v) is 3.85. The summed E-state index contributed by atoms with van der Waals surface area (Å²) < 4.78 is 54.8. The van der Waals surface area contributed by atoms with Gasteiger partial charge < -0.3 is 10.2 Å². The topological polar surface area (TPSA) is 73.3 Å². The maximum absolute atomic E-state index is 14.3. The van der Waals surface area contributed by atoms with Crippen molar-refractivity contribution in [2.45, 2.75) is 12.6 Å². The summed E-state index contributed by atoms with van der Waals surface area (Å²) in [5, 5.41) is 10.5. The molecule has 1 aliphatic heterocycles. The SMILES string of the molecule is N=C(c1ccccc1F)c1ccc(N2CCC2=O)cc1NC(=O)c1c(Cl)cccc1C(F)(F)F. The van der Waals surface area contributed by atoms with Crippen molar-refractivity contribution < 1.29 is 27.2 Å². The Bertz CT molecular complexity index is 1320. The molecule has 0 atom stereocenters. The predicted molar refractivity (Wildman–Crippen MR) is 120 cm³/mol. The molecule has 0 bridgehead atoms. The second-order valence-electron chi connectivity index (χ2n) is 7.49. The van der Waals surface area contributed by atoms with E-state index in [1.54, 1.807) is 0 Å². The van der Waals surface area contributed by atoms with Crippen LogP contribution in [0.15, 0.2) is 60.7 Å². The first-order valence-electron chi connectivity index (χ1n) is 10.0. The third-order valence-corrected chi connectivity index (χ3v) is 5.69. The summed E-state index contributed by atoms with van der Waals surface area (Å²) in [5.74, 6) is -2.01. The molecule has 1 aliphatic rings. The number of nitrogens with zero attached hydrogens (tertiary/aromatic N) is 1. The predicted octanol–water partition coefficient (Wildman–Crippen LogP) is 5.90. The monoisotopic (exact) mass is 489 g/mol. The zero-order chi connectivity index (χ0) is 24.6. The van der Waals surface area contributed by atoms with Gasteiger partial charge >= 0.3 is 6.18 Å². The number of hydrogen-bond acceptors (Lipinski definition) is 3. The smallest absolute Gasteiger partial charge is 0.321 e. The number of amides is 2. The van der Waals surface area contributed by atoms with E-state index in [9.17, 15) is 27.2 Å². The van der Waals surface area contributed by atoms with Gasteiger partial charge in [0.05, 0.1) is 27.5 Å². The Morgan fingerprint density at radius 1 is 1.03 bits per heavy atom. The fraction of sp³-hybridized carbons (Fsp3) is 0.125. The lowest BCUT2D eigenvalue weighted by molar-refractivity contribution is -0.137. The Kier molecular flexibility index (Phi) is 6.14. The molecule has 2 amide bonds. The molecular formula is C24H16ClF4N3O2. The molecule has 1 saturated heterocycles. The molecule has 0 spiro atoms. The summed E-state index contributed by atoms with van der Waals surface area (Å²) in [7, 11) is 0. The van der Waals surface area contributed by atoms with Crippen LogP contribution in [0.4, 0.5) is 28.9 Å². The van der Waals surface area contributed by atoms with Crippen molar-refractivity contribution in [1.82, 2.24) is 0 Å². The first kappa shape index (κ1) is 23.4. The van der Waals surface area contributed by atoms with Crippen LogP contribution in [0.1, 0.15) is 33.5 Å². The normalized spacial score (nSPS) is 13.4. The average Bonchev–Trinajstić information content (AvgIpc) is 2.77. The van der Waals surface area contributed by atoms with Crippen molar-refractivity contribution in [3.63, 3.8) is 0 Å². The molecule has 0 aromatic heterocycles. The van der Waals surface area contributed by atoms with Crippen LogP contribution in [0, 0.1) is 11.2 Å². The van der Waals surface area contributed by atoms with E-state index < -0.39 is 34.1 Å². The molecule has 0 unspecified atom stereocenters. The number of benzene rings is 3. The van der Waals surface area contributed by atoms with Gasteiger partial charge in [-0.25, -0.2) is 4.39 Å². The molecule has 5 nitrogen and oxygen atoms in total. The molecule has 3 aromatic rings. The zero-order valence-corrected chi connectivity index (χ0v) is 18.1. The van der Waals surface area contributed by atoms with Gasteiger partial charge in [0.15, 0.2) is 0 Å². The zero-order valence-electron chi connectivity index (χ0n) is 17.3. The van der Waals surface area contributed by atoms with Crippen LogP contribution >= 0.6 is 11.6 Å². The summed E-state index contributed by atoms with van der Waals surface area (Å²) in [4.78, 5) is 26.3. The van der Waals surface area contributed by atoms with Gasteiger partial charge in [-0.15, -0.1) is 0 Å². The minimum absolute atomic E-state index is 0.0517. The molecular weight excluding hydrogens is 474 g/mol. The van der Waals surface area contributed by atoms with Gasteiger partial charge in [0.2, 0.25) is 5.91 Å². The molecule has 34 heavy (non-hydrogen) atoms. The van der Waals surface area contributed by atoms with Crippen LogP contribution in [0.3, 0.4) is 0 Å².